The Labute approximate surface area is 124 Å². The van der Waals surface area contributed by atoms with Crippen molar-refractivity contribution < 1.29 is 9.53 Å². The van der Waals surface area contributed by atoms with Crippen molar-refractivity contribution in [2.75, 3.05) is 31.2 Å². The Morgan fingerprint density at radius 3 is 2.43 bits per heavy atom. The summed E-state index contributed by atoms with van der Waals surface area (Å²) < 4.78 is 5.36. The Kier molecular flexibility index (Phi) is 4.10. The molecule has 1 amide bonds. The maximum atomic E-state index is 11.6. The van der Waals surface area contributed by atoms with E-state index >= 15 is 0 Å². The van der Waals surface area contributed by atoms with Gasteiger partial charge in [-0.1, -0.05) is 18.7 Å². The van der Waals surface area contributed by atoms with Gasteiger partial charge in [-0.25, -0.2) is 0 Å². The highest BCUT2D eigenvalue weighted by Gasteiger charge is 2.29. The van der Waals surface area contributed by atoms with Gasteiger partial charge in [0.05, 0.1) is 18.9 Å². The lowest BCUT2D eigenvalue weighted by atomic mass is 10.1. The highest BCUT2D eigenvalue weighted by atomic mass is 16.5. The largest absolute Gasteiger partial charge is 0.378 e. The molecule has 5 heteroatoms. The van der Waals surface area contributed by atoms with Crippen LogP contribution in [0.4, 0.5) is 5.69 Å². The molecule has 0 aromatic heterocycles. The fourth-order valence-corrected chi connectivity index (χ4v) is 2.35. The predicted octanol–water partition coefficient (Wildman–Crippen LogP) is 1.52. The SMILES string of the molecule is C=C(NNC(=O)C1CC1)c1ccc(N2CCOCC2)cc1. The number of benzene rings is 1. The molecule has 1 aromatic carbocycles. The molecule has 2 N–H and O–H groups in total. The van der Waals surface area contributed by atoms with E-state index in [1.807, 2.05) is 12.1 Å². The number of morpholine rings is 1. The van der Waals surface area contributed by atoms with Crippen molar-refractivity contribution in [1.29, 1.82) is 0 Å². The number of rotatable bonds is 5. The number of hydrazine groups is 1. The van der Waals surface area contributed by atoms with Crippen molar-refractivity contribution in [2.45, 2.75) is 12.8 Å². The maximum Gasteiger partial charge on any atom is 0.241 e. The van der Waals surface area contributed by atoms with Crippen molar-refractivity contribution in [3.05, 3.63) is 36.4 Å². The van der Waals surface area contributed by atoms with Crippen LogP contribution in [0, 0.1) is 5.92 Å². The van der Waals surface area contributed by atoms with Gasteiger partial charge in [-0.05, 0) is 30.5 Å². The van der Waals surface area contributed by atoms with Crippen molar-refractivity contribution in [2.24, 2.45) is 5.92 Å². The summed E-state index contributed by atoms with van der Waals surface area (Å²) in [5, 5.41) is 0. The fourth-order valence-electron chi connectivity index (χ4n) is 2.35. The zero-order chi connectivity index (χ0) is 14.7. The number of ether oxygens (including phenoxy) is 1. The molecule has 1 aromatic rings. The molecule has 0 radical (unpaired) electrons. The molecule has 0 spiro atoms. The van der Waals surface area contributed by atoms with E-state index in [0.717, 1.165) is 44.7 Å². The normalized spacial score (nSPS) is 18.2. The summed E-state index contributed by atoms with van der Waals surface area (Å²) in [6, 6.07) is 8.19. The van der Waals surface area contributed by atoms with Crippen LogP contribution in [0.5, 0.6) is 0 Å². The van der Waals surface area contributed by atoms with E-state index in [1.54, 1.807) is 0 Å². The molecule has 0 unspecified atom stereocenters. The van der Waals surface area contributed by atoms with Crippen LogP contribution in [0.3, 0.4) is 0 Å². The lowest BCUT2D eigenvalue weighted by Crippen LogP contribution is -2.37. The topological polar surface area (TPSA) is 53.6 Å². The molecule has 1 saturated heterocycles. The maximum absolute atomic E-state index is 11.6. The van der Waals surface area contributed by atoms with Crippen LogP contribution in [0.2, 0.25) is 0 Å². The van der Waals surface area contributed by atoms with Crippen molar-refractivity contribution in [3.63, 3.8) is 0 Å². The lowest BCUT2D eigenvalue weighted by molar-refractivity contribution is -0.122. The molecule has 0 atom stereocenters. The summed E-state index contributed by atoms with van der Waals surface area (Å²) in [6.45, 7) is 7.37. The Morgan fingerprint density at radius 2 is 1.81 bits per heavy atom. The van der Waals surface area contributed by atoms with Gasteiger partial charge in [-0.2, -0.15) is 0 Å². The second-order valence-electron chi connectivity index (χ2n) is 5.51. The minimum atomic E-state index is 0.0566. The van der Waals surface area contributed by atoms with E-state index in [2.05, 4.69) is 34.5 Å². The summed E-state index contributed by atoms with van der Waals surface area (Å²) in [6.07, 6.45) is 1.99. The minimum absolute atomic E-state index is 0.0566. The zero-order valence-electron chi connectivity index (χ0n) is 12.1. The summed E-state index contributed by atoms with van der Waals surface area (Å²) in [5.41, 5.74) is 8.47. The van der Waals surface area contributed by atoms with Gasteiger partial charge in [0, 0.05) is 24.7 Å². The number of hydrogen-bond acceptors (Lipinski definition) is 4. The molecule has 5 nitrogen and oxygen atoms in total. The molecular formula is C16H21N3O2. The van der Waals surface area contributed by atoms with E-state index in [1.165, 1.54) is 5.69 Å². The fraction of sp³-hybridized carbons (Fsp3) is 0.438. The monoisotopic (exact) mass is 287 g/mol. The van der Waals surface area contributed by atoms with Gasteiger partial charge in [-0.15, -0.1) is 0 Å². The summed E-state index contributed by atoms with van der Waals surface area (Å²) >= 11 is 0. The summed E-state index contributed by atoms with van der Waals surface area (Å²) in [7, 11) is 0. The second kappa shape index (κ2) is 6.18. The Morgan fingerprint density at radius 1 is 1.14 bits per heavy atom. The van der Waals surface area contributed by atoms with Crippen LogP contribution in [0.15, 0.2) is 30.8 Å². The van der Waals surface area contributed by atoms with Crippen molar-refractivity contribution in [1.82, 2.24) is 10.9 Å². The molecule has 1 heterocycles. The number of nitrogens with zero attached hydrogens (tertiary/aromatic N) is 1. The lowest BCUT2D eigenvalue weighted by Gasteiger charge is -2.29. The molecule has 1 aliphatic carbocycles. The third kappa shape index (κ3) is 3.55. The van der Waals surface area contributed by atoms with E-state index < -0.39 is 0 Å². The van der Waals surface area contributed by atoms with Crippen LogP contribution >= 0.6 is 0 Å². The van der Waals surface area contributed by atoms with E-state index in [9.17, 15) is 4.79 Å². The smallest absolute Gasteiger partial charge is 0.241 e. The van der Waals surface area contributed by atoms with Gasteiger partial charge in [0.15, 0.2) is 0 Å². The van der Waals surface area contributed by atoms with Crippen molar-refractivity contribution in [3.8, 4) is 0 Å². The van der Waals surface area contributed by atoms with Crippen LogP contribution in [0.25, 0.3) is 5.70 Å². The number of amides is 1. The van der Waals surface area contributed by atoms with Gasteiger partial charge >= 0.3 is 0 Å². The molecule has 112 valence electrons. The number of anilines is 1. The number of hydrogen-bond donors (Lipinski definition) is 2. The number of carbonyl (C=O) groups excluding carboxylic acids is 1. The number of carbonyl (C=O) groups is 1. The molecule has 0 bridgehead atoms. The third-order valence-electron chi connectivity index (χ3n) is 3.88. The standard InChI is InChI=1S/C16H21N3O2/c1-12(17-18-16(20)14-2-3-14)13-4-6-15(7-5-13)19-8-10-21-11-9-19/h4-7,14,17H,1-3,8-11H2,(H,18,20). The Hall–Kier alpha value is -2.01. The molecule has 2 aliphatic rings. The average Bonchev–Trinajstić information content (AvgIpc) is 3.38. The Bertz CT molecular complexity index is 517. The first-order chi connectivity index (χ1) is 10.2. The van der Waals surface area contributed by atoms with Gasteiger partial charge in [-0.3, -0.25) is 15.6 Å². The highest BCUT2D eigenvalue weighted by molar-refractivity contribution is 5.81. The third-order valence-corrected chi connectivity index (χ3v) is 3.88. The van der Waals surface area contributed by atoms with Crippen LogP contribution in [-0.2, 0) is 9.53 Å². The van der Waals surface area contributed by atoms with Crippen molar-refractivity contribution >= 4 is 17.3 Å². The quantitative estimate of drug-likeness (QED) is 0.806. The van der Waals surface area contributed by atoms with Crippen LogP contribution in [0.1, 0.15) is 18.4 Å². The first-order valence-electron chi connectivity index (χ1n) is 7.42. The van der Waals surface area contributed by atoms with Gasteiger partial charge in [0.2, 0.25) is 5.91 Å². The highest BCUT2D eigenvalue weighted by Crippen LogP contribution is 2.28. The first-order valence-corrected chi connectivity index (χ1v) is 7.42. The summed E-state index contributed by atoms with van der Waals surface area (Å²) in [5.74, 6) is 0.245. The van der Waals surface area contributed by atoms with E-state index in [4.69, 9.17) is 4.74 Å². The molecule has 3 rings (SSSR count). The molecule has 1 saturated carbocycles. The van der Waals surface area contributed by atoms with Gasteiger partial charge in [0.1, 0.15) is 0 Å². The molecular weight excluding hydrogens is 266 g/mol. The van der Waals surface area contributed by atoms with Gasteiger partial charge < -0.3 is 9.64 Å². The second-order valence-corrected chi connectivity index (χ2v) is 5.51. The summed E-state index contributed by atoms with van der Waals surface area (Å²) in [4.78, 5) is 13.9. The molecule has 2 fully saturated rings. The van der Waals surface area contributed by atoms with Crippen LogP contribution < -0.4 is 15.8 Å². The van der Waals surface area contributed by atoms with Gasteiger partial charge in [0.25, 0.3) is 0 Å². The van der Waals surface area contributed by atoms with Crippen LogP contribution in [-0.4, -0.2) is 32.2 Å². The predicted molar refractivity (Wildman–Crippen MR) is 82.5 cm³/mol. The van der Waals surface area contributed by atoms with E-state index in [0.29, 0.717) is 5.70 Å². The molecule has 21 heavy (non-hydrogen) atoms. The number of nitrogens with one attached hydrogen (secondary N) is 2. The minimum Gasteiger partial charge on any atom is -0.378 e. The van der Waals surface area contributed by atoms with E-state index in [-0.39, 0.29) is 11.8 Å². The first kappa shape index (κ1) is 13.9. The zero-order valence-corrected chi connectivity index (χ0v) is 12.1. The Balaban J connectivity index is 1.55. The molecule has 1 aliphatic heterocycles. The average molecular weight is 287 g/mol.